The lowest BCUT2D eigenvalue weighted by atomic mass is 9.86. The Hall–Kier alpha value is -2.20. The predicted octanol–water partition coefficient (Wildman–Crippen LogP) is 3.25. The van der Waals surface area contributed by atoms with Crippen LogP contribution in [0.25, 0.3) is 0 Å². The molecule has 4 nitrogen and oxygen atoms in total. The number of aromatic nitrogens is 1. The lowest BCUT2D eigenvalue weighted by Gasteiger charge is -2.18. The molecule has 3 rings (SSSR count). The molecule has 2 heterocycles. The Balaban J connectivity index is 1.77. The molecule has 1 aromatic carbocycles. The van der Waals surface area contributed by atoms with Crippen LogP contribution < -0.4 is 0 Å². The monoisotopic (exact) mass is 324 g/mol. The molecule has 2 aromatic rings. The smallest absolute Gasteiger partial charge is 0.308 e. The third-order valence-corrected chi connectivity index (χ3v) is 4.98. The molecular formula is C20H24N2O2. The van der Waals surface area contributed by atoms with Gasteiger partial charge in [0, 0.05) is 31.7 Å². The largest absolute Gasteiger partial charge is 0.481 e. The first-order chi connectivity index (χ1) is 11.6. The van der Waals surface area contributed by atoms with Gasteiger partial charge in [-0.25, -0.2) is 0 Å². The number of carboxylic acids is 1. The number of aryl methyl sites for hydroxylation is 2. The van der Waals surface area contributed by atoms with Crippen LogP contribution in [0.15, 0.2) is 42.6 Å². The Bertz CT molecular complexity index is 712. The van der Waals surface area contributed by atoms with Gasteiger partial charge in [0.2, 0.25) is 0 Å². The van der Waals surface area contributed by atoms with Crippen LogP contribution in [-0.2, 0) is 17.8 Å². The number of rotatable bonds is 5. The van der Waals surface area contributed by atoms with Crippen molar-refractivity contribution in [3.63, 3.8) is 0 Å². The van der Waals surface area contributed by atoms with Gasteiger partial charge >= 0.3 is 5.97 Å². The third kappa shape index (κ3) is 3.49. The first-order valence-corrected chi connectivity index (χ1v) is 8.53. The minimum absolute atomic E-state index is 0.0404. The fourth-order valence-electron chi connectivity index (χ4n) is 3.57. The van der Waals surface area contributed by atoms with Crippen LogP contribution in [0.4, 0.5) is 0 Å². The molecule has 126 valence electrons. The number of carboxylic acid groups (broad SMARTS) is 1. The summed E-state index contributed by atoms with van der Waals surface area (Å²) < 4.78 is 0. The van der Waals surface area contributed by atoms with Crippen molar-refractivity contribution in [3.8, 4) is 0 Å². The van der Waals surface area contributed by atoms with E-state index in [9.17, 15) is 9.90 Å². The van der Waals surface area contributed by atoms with Gasteiger partial charge in [0.05, 0.1) is 11.6 Å². The summed E-state index contributed by atoms with van der Waals surface area (Å²) in [6.45, 7) is 6.21. The SMILES string of the molecule is CCc1ccc(CN2C[C@@H](C(=O)O)[C@H](c3ccccc3C)C2)nc1. The van der Waals surface area contributed by atoms with Gasteiger partial charge in [0.1, 0.15) is 0 Å². The molecule has 2 atom stereocenters. The Morgan fingerprint density at radius 1 is 1.25 bits per heavy atom. The number of likely N-dealkylation sites (tertiary alicyclic amines) is 1. The minimum Gasteiger partial charge on any atom is -0.481 e. The highest BCUT2D eigenvalue weighted by Crippen LogP contribution is 2.35. The van der Waals surface area contributed by atoms with E-state index in [1.165, 1.54) is 11.1 Å². The van der Waals surface area contributed by atoms with Gasteiger partial charge in [-0.05, 0) is 36.1 Å². The molecule has 0 saturated carbocycles. The molecule has 0 spiro atoms. The first-order valence-electron chi connectivity index (χ1n) is 8.53. The lowest BCUT2D eigenvalue weighted by Crippen LogP contribution is -2.23. The maximum Gasteiger partial charge on any atom is 0.308 e. The molecule has 1 N–H and O–H groups in total. The normalized spacial score (nSPS) is 21.1. The molecule has 1 saturated heterocycles. The second-order valence-corrected chi connectivity index (χ2v) is 6.61. The van der Waals surface area contributed by atoms with Crippen LogP contribution in [0.3, 0.4) is 0 Å². The average molecular weight is 324 g/mol. The molecule has 1 aliphatic heterocycles. The van der Waals surface area contributed by atoms with E-state index in [1.54, 1.807) is 0 Å². The van der Waals surface area contributed by atoms with E-state index in [0.29, 0.717) is 13.1 Å². The highest BCUT2D eigenvalue weighted by molar-refractivity contribution is 5.72. The molecule has 0 amide bonds. The summed E-state index contributed by atoms with van der Waals surface area (Å²) >= 11 is 0. The van der Waals surface area contributed by atoms with Crippen molar-refractivity contribution >= 4 is 5.97 Å². The van der Waals surface area contributed by atoms with Gasteiger partial charge in [0.15, 0.2) is 0 Å². The van der Waals surface area contributed by atoms with Crippen LogP contribution in [0.2, 0.25) is 0 Å². The standard InChI is InChI=1S/C20H24N2O2/c1-3-15-8-9-16(21-10-15)11-22-12-18(19(13-22)20(23)24)17-7-5-4-6-14(17)2/h4-10,18-19H,3,11-13H2,1-2H3,(H,23,24)/t18-,19+/m0/s1. The lowest BCUT2D eigenvalue weighted by molar-refractivity contribution is -0.141. The van der Waals surface area contributed by atoms with E-state index in [-0.39, 0.29) is 11.8 Å². The van der Waals surface area contributed by atoms with Crippen LogP contribution in [0, 0.1) is 12.8 Å². The zero-order valence-corrected chi connectivity index (χ0v) is 14.3. The first kappa shape index (κ1) is 16.7. The number of carbonyl (C=O) groups is 1. The number of hydrogen-bond acceptors (Lipinski definition) is 3. The van der Waals surface area contributed by atoms with E-state index in [1.807, 2.05) is 18.3 Å². The highest BCUT2D eigenvalue weighted by atomic mass is 16.4. The Morgan fingerprint density at radius 2 is 2.04 bits per heavy atom. The van der Waals surface area contributed by atoms with Crippen LogP contribution in [0.5, 0.6) is 0 Å². The molecular weight excluding hydrogens is 300 g/mol. The van der Waals surface area contributed by atoms with Gasteiger partial charge < -0.3 is 5.11 Å². The summed E-state index contributed by atoms with van der Waals surface area (Å²) in [5.41, 5.74) is 4.55. The van der Waals surface area contributed by atoms with Gasteiger partial charge in [0.25, 0.3) is 0 Å². The Morgan fingerprint density at radius 3 is 2.67 bits per heavy atom. The van der Waals surface area contributed by atoms with Crippen molar-refractivity contribution in [2.45, 2.75) is 32.7 Å². The Labute approximate surface area is 143 Å². The number of benzene rings is 1. The zero-order chi connectivity index (χ0) is 17.1. The molecule has 4 heteroatoms. The molecule has 0 radical (unpaired) electrons. The Kier molecular flexibility index (Phi) is 4.95. The molecule has 0 unspecified atom stereocenters. The fourth-order valence-corrected chi connectivity index (χ4v) is 3.57. The fraction of sp³-hybridized carbons (Fsp3) is 0.400. The van der Waals surface area contributed by atoms with Crippen LogP contribution in [0.1, 0.15) is 35.2 Å². The van der Waals surface area contributed by atoms with Gasteiger partial charge in [-0.1, -0.05) is 37.3 Å². The van der Waals surface area contributed by atoms with E-state index in [0.717, 1.165) is 24.2 Å². The van der Waals surface area contributed by atoms with E-state index < -0.39 is 5.97 Å². The third-order valence-electron chi connectivity index (χ3n) is 4.98. The number of pyridine rings is 1. The van der Waals surface area contributed by atoms with Crippen molar-refractivity contribution in [2.24, 2.45) is 5.92 Å². The quantitative estimate of drug-likeness (QED) is 0.917. The number of hydrogen-bond donors (Lipinski definition) is 1. The van der Waals surface area contributed by atoms with Gasteiger partial charge in [-0.15, -0.1) is 0 Å². The number of aliphatic carboxylic acids is 1. The second-order valence-electron chi connectivity index (χ2n) is 6.61. The minimum atomic E-state index is -0.708. The molecule has 1 fully saturated rings. The van der Waals surface area contributed by atoms with Crippen molar-refractivity contribution in [3.05, 3.63) is 65.0 Å². The topological polar surface area (TPSA) is 53.4 Å². The second kappa shape index (κ2) is 7.14. The summed E-state index contributed by atoms with van der Waals surface area (Å²) in [6, 6.07) is 12.3. The highest BCUT2D eigenvalue weighted by Gasteiger charge is 2.39. The maximum atomic E-state index is 11.7. The molecule has 1 aromatic heterocycles. The van der Waals surface area contributed by atoms with Gasteiger partial charge in [-0.3, -0.25) is 14.7 Å². The van der Waals surface area contributed by atoms with Crippen LogP contribution in [-0.4, -0.2) is 34.0 Å². The summed E-state index contributed by atoms with van der Waals surface area (Å²) in [4.78, 5) is 18.5. The summed E-state index contributed by atoms with van der Waals surface area (Å²) in [5, 5.41) is 9.65. The van der Waals surface area contributed by atoms with E-state index in [2.05, 4.69) is 48.0 Å². The van der Waals surface area contributed by atoms with Crippen molar-refractivity contribution in [2.75, 3.05) is 13.1 Å². The van der Waals surface area contributed by atoms with Crippen molar-refractivity contribution in [1.82, 2.24) is 9.88 Å². The summed E-state index contributed by atoms with van der Waals surface area (Å²) in [6.07, 6.45) is 2.90. The zero-order valence-electron chi connectivity index (χ0n) is 14.3. The van der Waals surface area contributed by atoms with Crippen LogP contribution >= 0.6 is 0 Å². The van der Waals surface area contributed by atoms with Crippen molar-refractivity contribution in [1.29, 1.82) is 0 Å². The summed E-state index contributed by atoms with van der Waals surface area (Å²) in [7, 11) is 0. The maximum absolute atomic E-state index is 11.7. The van der Waals surface area contributed by atoms with Crippen molar-refractivity contribution < 1.29 is 9.90 Å². The molecule has 24 heavy (non-hydrogen) atoms. The number of nitrogens with zero attached hydrogens (tertiary/aromatic N) is 2. The van der Waals surface area contributed by atoms with E-state index in [4.69, 9.17) is 0 Å². The summed E-state index contributed by atoms with van der Waals surface area (Å²) in [5.74, 6) is -1.03. The predicted molar refractivity (Wildman–Crippen MR) is 93.9 cm³/mol. The van der Waals surface area contributed by atoms with Gasteiger partial charge in [-0.2, -0.15) is 0 Å². The van der Waals surface area contributed by atoms with E-state index >= 15 is 0 Å². The molecule has 0 bridgehead atoms. The molecule has 1 aliphatic rings. The molecule has 0 aliphatic carbocycles. The average Bonchev–Trinajstić information content (AvgIpc) is 3.00.